The number of hydrogen-bond donors (Lipinski definition) is 1. The van der Waals surface area contributed by atoms with Crippen LogP contribution in [0, 0.1) is 5.41 Å². The lowest BCUT2D eigenvalue weighted by Gasteiger charge is -2.34. The quantitative estimate of drug-likeness (QED) is 0.810. The number of piperazine rings is 1. The summed E-state index contributed by atoms with van der Waals surface area (Å²) in [5, 5.41) is 8.96. The van der Waals surface area contributed by atoms with Gasteiger partial charge >= 0.3 is 0 Å². The van der Waals surface area contributed by atoms with Crippen molar-refractivity contribution in [1.82, 2.24) is 9.80 Å². The maximum atomic E-state index is 12.4. The van der Waals surface area contributed by atoms with E-state index in [-0.39, 0.29) is 17.9 Å². The van der Waals surface area contributed by atoms with Gasteiger partial charge in [-0.3, -0.25) is 9.69 Å². The molecule has 124 valence electrons. The molecule has 1 heterocycles. The van der Waals surface area contributed by atoms with E-state index in [0.717, 1.165) is 32.6 Å². The van der Waals surface area contributed by atoms with Crippen LogP contribution in [0.5, 0.6) is 0 Å². The number of hydrogen-bond acceptors (Lipinski definition) is 3. The molecule has 0 spiro atoms. The lowest BCUT2D eigenvalue weighted by atomic mass is 9.72. The van der Waals surface area contributed by atoms with Gasteiger partial charge < -0.3 is 10.0 Å². The van der Waals surface area contributed by atoms with Gasteiger partial charge in [-0.2, -0.15) is 0 Å². The van der Waals surface area contributed by atoms with Crippen LogP contribution in [0.15, 0.2) is 23.3 Å². The number of carbonyl (C=O) groups excluding carboxylic acids is 1. The van der Waals surface area contributed by atoms with Crippen LogP contribution in [0.3, 0.4) is 0 Å². The molecule has 2 aliphatic rings. The molecule has 0 aromatic carbocycles. The predicted molar refractivity (Wildman–Crippen MR) is 89.6 cm³/mol. The maximum Gasteiger partial charge on any atom is 0.246 e. The molecule has 4 heteroatoms. The molecule has 0 unspecified atom stereocenters. The first-order valence-electron chi connectivity index (χ1n) is 8.44. The van der Waals surface area contributed by atoms with E-state index in [9.17, 15) is 4.79 Å². The van der Waals surface area contributed by atoms with Gasteiger partial charge in [0.05, 0.1) is 6.61 Å². The molecular formula is C18H30N2O2. The number of allylic oxidation sites excluding steroid dienone is 3. The summed E-state index contributed by atoms with van der Waals surface area (Å²) in [7, 11) is 0. The fourth-order valence-electron chi connectivity index (χ4n) is 3.60. The van der Waals surface area contributed by atoms with E-state index in [1.54, 1.807) is 6.08 Å². The van der Waals surface area contributed by atoms with Crippen molar-refractivity contribution in [2.24, 2.45) is 5.41 Å². The summed E-state index contributed by atoms with van der Waals surface area (Å²) >= 11 is 0. The standard InChI is InChI=1S/C18H30N2O2/c1-15-5-4-8-18(2,3)16(15)6-7-17(22)20-11-9-19(10-12-20)13-14-21/h6-7,21H,4-5,8-14H2,1-3H3. The highest BCUT2D eigenvalue weighted by molar-refractivity contribution is 5.88. The topological polar surface area (TPSA) is 43.8 Å². The van der Waals surface area contributed by atoms with Crippen molar-refractivity contribution >= 4 is 5.91 Å². The smallest absolute Gasteiger partial charge is 0.246 e. The average Bonchev–Trinajstić information content (AvgIpc) is 2.47. The second-order valence-electron chi connectivity index (χ2n) is 7.16. The van der Waals surface area contributed by atoms with Crippen LogP contribution >= 0.6 is 0 Å². The summed E-state index contributed by atoms with van der Waals surface area (Å²) in [6, 6.07) is 0. The zero-order valence-corrected chi connectivity index (χ0v) is 14.3. The first-order valence-corrected chi connectivity index (χ1v) is 8.44. The van der Waals surface area contributed by atoms with Crippen molar-refractivity contribution in [3.8, 4) is 0 Å². The molecular weight excluding hydrogens is 276 g/mol. The van der Waals surface area contributed by atoms with Crippen LogP contribution in [0.2, 0.25) is 0 Å². The lowest BCUT2D eigenvalue weighted by molar-refractivity contribution is -0.127. The number of β-amino-alcohol motifs (C(OH)–C–C–N with tert-alkyl or cyclic N) is 1. The van der Waals surface area contributed by atoms with E-state index in [1.807, 2.05) is 4.90 Å². The Labute approximate surface area is 134 Å². The van der Waals surface area contributed by atoms with E-state index in [1.165, 1.54) is 24.0 Å². The molecule has 0 radical (unpaired) electrons. The van der Waals surface area contributed by atoms with Gasteiger partial charge in [0.1, 0.15) is 0 Å². The average molecular weight is 306 g/mol. The van der Waals surface area contributed by atoms with E-state index in [4.69, 9.17) is 5.11 Å². The third-order valence-electron chi connectivity index (χ3n) is 5.04. The van der Waals surface area contributed by atoms with Crippen LogP contribution in [0.4, 0.5) is 0 Å². The van der Waals surface area contributed by atoms with E-state index >= 15 is 0 Å². The number of rotatable bonds is 4. The zero-order chi connectivity index (χ0) is 16.2. The minimum absolute atomic E-state index is 0.116. The summed E-state index contributed by atoms with van der Waals surface area (Å²) < 4.78 is 0. The Kier molecular flexibility index (Phi) is 5.81. The third-order valence-corrected chi connectivity index (χ3v) is 5.04. The molecule has 22 heavy (non-hydrogen) atoms. The second-order valence-corrected chi connectivity index (χ2v) is 7.16. The Hall–Kier alpha value is -1.13. The molecule has 1 fully saturated rings. The highest BCUT2D eigenvalue weighted by Crippen LogP contribution is 2.40. The van der Waals surface area contributed by atoms with E-state index in [0.29, 0.717) is 6.54 Å². The van der Waals surface area contributed by atoms with E-state index < -0.39 is 0 Å². The molecule has 0 bridgehead atoms. The Morgan fingerprint density at radius 3 is 2.55 bits per heavy atom. The Morgan fingerprint density at radius 2 is 1.95 bits per heavy atom. The normalized spacial score (nSPS) is 23.4. The minimum Gasteiger partial charge on any atom is -0.395 e. The molecule has 1 aliphatic carbocycles. The molecule has 1 aliphatic heterocycles. The summed E-state index contributed by atoms with van der Waals surface area (Å²) in [6.07, 6.45) is 7.40. The first kappa shape index (κ1) is 17.2. The second kappa shape index (κ2) is 7.42. The van der Waals surface area contributed by atoms with Gasteiger partial charge in [-0.15, -0.1) is 0 Å². The summed E-state index contributed by atoms with van der Waals surface area (Å²) in [6.45, 7) is 10.9. The summed E-state index contributed by atoms with van der Waals surface area (Å²) in [5.74, 6) is 0.116. The molecule has 2 rings (SSSR count). The lowest BCUT2D eigenvalue weighted by Crippen LogP contribution is -2.48. The highest BCUT2D eigenvalue weighted by atomic mass is 16.3. The monoisotopic (exact) mass is 306 g/mol. The van der Waals surface area contributed by atoms with Gasteiger partial charge in [0, 0.05) is 38.8 Å². The fraction of sp³-hybridized carbons (Fsp3) is 0.722. The molecule has 1 N–H and O–H groups in total. The van der Waals surface area contributed by atoms with Gasteiger partial charge in [0.2, 0.25) is 5.91 Å². The molecule has 0 atom stereocenters. The van der Waals surface area contributed by atoms with Crippen LogP contribution in [-0.2, 0) is 4.79 Å². The van der Waals surface area contributed by atoms with Crippen molar-refractivity contribution in [3.05, 3.63) is 23.3 Å². The third kappa shape index (κ3) is 4.20. The van der Waals surface area contributed by atoms with Crippen LogP contribution in [0.25, 0.3) is 0 Å². The summed E-state index contributed by atoms with van der Waals surface area (Å²) in [4.78, 5) is 16.5. The largest absolute Gasteiger partial charge is 0.395 e. The van der Waals surface area contributed by atoms with Gasteiger partial charge in [-0.1, -0.05) is 25.5 Å². The van der Waals surface area contributed by atoms with Gasteiger partial charge in [0.15, 0.2) is 0 Å². The molecule has 4 nitrogen and oxygen atoms in total. The molecule has 0 aromatic rings. The van der Waals surface area contributed by atoms with Crippen molar-refractivity contribution in [1.29, 1.82) is 0 Å². The van der Waals surface area contributed by atoms with Gasteiger partial charge in [0.25, 0.3) is 0 Å². The number of carbonyl (C=O) groups is 1. The molecule has 0 aromatic heterocycles. The maximum absolute atomic E-state index is 12.4. The SMILES string of the molecule is CC1=C(C=CC(=O)N2CCN(CCO)CC2)C(C)(C)CCC1. The number of amides is 1. The van der Waals surface area contributed by atoms with Crippen molar-refractivity contribution in [3.63, 3.8) is 0 Å². The molecule has 1 amide bonds. The number of aliphatic hydroxyl groups is 1. The summed E-state index contributed by atoms with van der Waals surface area (Å²) in [5.41, 5.74) is 2.94. The minimum atomic E-state index is 0.116. The first-order chi connectivity index (χ1) is 10.4. The zero-order valence-electron chi connectivity index (χ0n) is 14.3. The predicted octanol–water partition coefficient (Wildman–Crippen LogP) is 2.21. The fourth-order valence-corrected chi connectivity index (χ4v) is 3.60. The van der Waals surface area contributed by atoms with E-state index in [2.05, 4.69) is 31.7 Å². The van der Waals surface area contributed by atoms with Crippen LogP contribution in [0.1, 0.15) is 40.0 Å². The Bertz CT molecular complexity index is 458. The van der Waals surface area contributed by atoms with Gasteiger partial charge in [-0.25, -0.2) is 0 Å². The Balaban J connectivity index is 1.94. The van der Waals surface area contributed by atoms with Crippen molar-refractivity contribution < 1.29 is 9.90 Å². The van der Waals surface area contributed by atoms with Crippen molar-refractivity contribution in [2.75, 3.05) is 39.3 Å². The number of nitrogens with zero attached hydrogens (tertiary/aromatic N) is 2. The van der Waals surface area contributed by atoms with Crippen LogP contribution in [-0.4, -0.2) is 60.1 Å². The number of aliphatic hydroxyl groups excluding tert-OH is 1. The van der Waals surface area contributed by atoms with Gasteiger partial charge in [-0.05, 0) is 37.2 Å². The molecule has 0 saturated carbocycles. The highest BCUT2D eigenvalue weighted by Gasteiger charge is 2.27. The van der Waals surface area contributed by atoms with Crippen LogP contribution < -0.4 is 0 Å². The molecule has 1 saturated heterocycles. The Morgan fingerprint density at radius 1 is 1.27 bits per heavy atom. The van der Waals surface area contributed by atoms with Crippen molar-refractivity contribution in [2.45, 2.75) is 40.0 Å².